The number of hydrogen-bond donors (Lipinski definition) is 2. The van der Waals surface area contributed by atoms with E-state index in [9.17, 15) is 9.18 Å². The molecule has 0 bridgehead atoms. The van der Waals surface area contributed by atoms with Gasteiger partial charge in [-0.15, -0.1) is 0 Å². The summed E-state index contributed by atoms with van der Waals surface area (Å²) in [6, 6.07) is 10.3. The molecular formula is C29H33ClFN7O3. The van der Waals surface area contributed by atoms with Crippen LogP contribution in [0.15, 0.2) is 55.4 Å². The number of likely N-dealkylation sites (N-methyl/N-ethyl adjacent to an activating group) is 1. The average molecular weight is 582 g/mol. The minimum atomic E-state index is -0.484. The zero-order valence-corrected chi connectivity index (χ0v) is 24.0. The highest BCUT2D eigenvalue weighted by molar-refractivity contribution is 6.31. The molecule has 2 saturated heterocycles. The predicted octanol–water partition coefficient (Wildman–Crippen LogP) is 5.17. The first-order valence-corrected chi connectivity index (χ1v) is 13.7. The zero-order valence-electron chi connectivity index (χ0n) is 23.2. The molecule has 1 amide bonds. The smallest absolute Gasteiger partial charge is 0.247 e. The van der Waals surface area contributed by atoms with Gasteiger partial charge in [0.05, 0.1) is 41.8 Å². The first kappa shape index (κ1) is 28.6. The van der Waals surface area contributed by atoms with Gasteiger partial charge >= 0.3 is 0 Å². The molecule has 0 aliphatic carbocycles. The lowest BCUT2D eigenvalue weighted by Crippen LogP contribution is -2.31. The van der Waals surface area contributed by atoms with Crippen molar-refractivity contribution in [2.75, 3.05) is 61.5 Å². The Morgan fingerprint density at radius 1 is 1.24 bits per heavy atom. The number of nitrogens with zero attached hydrogens (tertiary/aromatic N) is 5. The highest BCUT2D eigenvalue weighted by Gasteiger charge is 2.32. The molecule has 2 aliphatic rings. The fourth-order valence-corrected chi connectivity index (χ4v) is 5.44. The van der Waals surface area contributed by atoms with Crippen LogP contribution in [0.3, 0.4) is 0 Å². The summed E-state index contributed by atoms with van der Waals surface area (Å²) in [5.74, 6) is 0.723. The van der Waals surface area contributed by atoms with Gasteiger partial charge in [-0.1, -0.05) is 30.3 Å². The number of ether oxygens (including phenoxy) is 1. The lowest BCUT2D eigenvalue weighted by molar-refractivity contribution is -0.111. The number of nitrogens with one attached hydrogen (secondary N) is 2. The Morgan fingerprint density at radius 3 is 2.80 bits per heavy atom. The van der Waals surface area contributed by atoms with Crippen molar-refractivity contribution in [3.8, 4) is 5.75 Å². The summed E-state index contributed by atoms with van der Waals surface area (Å²) in [7, 11) is 5.73. The van der Waals surface area contributed by atoms with Crippen molar-refractivity contribution in [1.29, 1.82) is 0 Å². The third-order valence-electron chi connectivity index (χ3n) is 7.38. The van der Waals surface area contributed by atoms with E-state index < -0.39 is 5.82 Å². The van der Waals surface area contributed by atoms with E-state index in [0.29, 0.717) is 53.4 Å². The molecular weight excluding hydrogens is 549 g/mol. The van der Waals surface area contributed by atoms with Crippen molar-refractivity contribution in [3.63, 3.8) is 0 Å². The zero-order chi connectivity index (χ0) is 29.1. The third kappa shape index (κ3) is 6.07. The van der Waals surface area contributed by atoms with Crippen LogP contribution in [0.2, 0.25) is 5.02 Å². The quantitative estimate of drug-likeness (QED) is 0.332. The molecule has 2 fully saturated rings. The summed E-state index contributed by atoms with van der Waals surface area (Å²) in [6.45, 7) is 5.69. The number of halogens is 2. The molecule has 216 valence electrons. The summed E-state index contributed by atoms with van der Waals surface area (Å²) in [6.07, 6.45) is 4.27. The summed E-state index contributed by atoms with van der Waals surface area (Å²) in [5.41, 5.74) is 2.69. The SMILES string of the molecule is C=CC(=O)Nc1cc(Nc2cc(N3OCCC3c3cccc(F)c3Cl)ncn2)c(OC)cc1N1CCC(N(C)C)C1. The number of hydroxylamine groups is 1. The van der Waals surface area contributed by atoms with Gasteiger partial charge in [0.1, 0.15) is 23.7 Å². The maximum atomic E-state index is 14.2. The number of methoxy groups -OCH3 is 1. The molecule has 0 radical (unpaired) electrons. The van der Waals surface area contributed by atoms with Gasteiger partial charge in [-0.3, -0.25) is 9.63 Å². The number of aromatic nitrogens is 2. The molecule has 10 nitrogen and oxygen atoms in total. The van der Waals surface area contributed by atoms with Gasteiger partial charge in [0.2, 0.25) is 5.91 Å². The molecule has 2 unspecified atom stereocenters. The fraction of sp³-hybridized carbons (Fsp3) is 0.345. The molecule has 2 aliphatic heterocycles. The Kier molecular flexibility index (Phi) is 8.57. The fourth-order valence-electron chi connectivity index (χ4n) is 5.19. The molecule has 41 heavy (non-hydrogen) atoms. The Balaban J connectivity index is 1.45. The van der Waals surface area contributed by atoms with E-state index >= 15 is 0 Å². The van der Waals surface area contributed by atoms with E-state index in [2.05, 4.69) is 51.1 Å². The van der Waals surface area contributed by atoms with E-state index in [-0.39, 0.29) is 17.0 Å². The normalized spacial score (nSPS) is 18.6. The number of benzene rings is 2. The molecule has 0 saturated carbocycles. The topological polar surface area (TPSA) is 95.1 Å². The van der Waals surface area contributed by atoms with Gasteiger partial charge < -0.3 is 25.2 Å². The Labute approximate surface area is 243 Å². The number of carbonyl (C=O) groups is 1. The molecule has 2 atom stereocenters. The number of rotatable bonds is 9. The summed E-state index contributed by atoms with van der Waals surface area (Å²) in [5, 5.41) is 7.91. The van der Waals surface area contributed by atoms with Crippen LogP contribution in [0.25, 0.3) is 0 Å². The van der Waals surface area contributed by atoms with Crippen LogP contribution in [0.5, 0.6) is 5.75 Å². The van der Waals surface area contributed by atoms with Gasteiger partial charge in [0.15, 0.2) is 5.82 Å². The highest BCUT2D eigenvalue weighted by atomic mass is 35.5. The maximum absolute atomic E-state index is 14.2. The summed E-state index contributed by atoms with van der Waals surface area (Å²) in [4.78, 5) is 31.4. The van der Waals surface area contributed by atoms with Crippen molar-refractivity contribution in [3.05, 3.63) is 71.8 Å². The van der Waals surface area contributed by atoms with Crippen LogP contribution in [-0.4, -0.2) is 67.7 Å². The number of amides is 1. The van der Waals surface area contributed by atoms with E-state index in [1.54, 1.807) is 30.4 Å². The van der Waals surface area contributed by atoms with Crippen molar-refractivity contribution >= 4 is 46.2 Å². The van der Waals surface area contributed by atoms with Crippen LogP contribution in [-0.2, 0) is 9.63 Å². The predicted molar refractivity (Wildman–Crippen MR) is 159 cm³/mol. The second-order valence-electron chi connectivity index (χ2n) is 10.1. The highest BCUT2D eigenvalue weighted by Crippen LogP contribution is 2.41. The summed E-state index contributed by atoms with van der Waals surface area (Å²) < 4.78 is 19.9. The van der Waals surface area contributed by atoms with Crippen LogP contribution < -0.4 is 25.3 Å². The van der Waals surface area contributed by atoms with Crippen LogP contribution in [0, 0.1) is 5.82 Å². The average Bonchev–Trinajstić information content (AvgIpc) is 3.66. The van der Waals surface area contributed by atoms with E-state index in [1.807, 2.05) is 12.1 Å². The molecule has 3 aromatic rings. The monoisotopic (exact) mass is 581 g/mol. The standard InChI is InChI=1S/C29H33ClFN7O3/c1-5-28(39)35-21-13-22(25(40-4)14-24(21)37-11-9-18(16-37)36(2)3)34-26-15-27(33-17-32-26)38-23(10-12-41-38)19-7-6-8-20(31)29(19)30/h5-8,13-15,17-18,23H,1,9-12,16H2,2-4H3,(H,35,39)(H,32,33,34). The molecule has 2 N–H and O–H groups in total. The van der Waals surface area contributed by atoms with Gasteiger partial charge in [0.25, 0.3) is 0 Å². The Hall–Kier alpha value is -3.93. The second kappa shape index (κ2) is 12.3. The first-order chi connectivity index (χ1) is 19.8. The molecule has 0 spiro atoms. The molecule has 3 heterocycles. The van der Waals surface area contributed by atoms with Gasteiger partial charge in [0, 0.05) is 37.7 Å². The van der Waals surface area contributed by atoms with Crippen molar-refractivity contribution in [1.82, 2.24) is 14.9 Å². The number of hydrogen-bond acceptors (Lipinski definition) is 9. The first-order valence-electron chi connectivity index (χ1n) is 13.3. The third-order valence-corrected chi connectivity index (χ3v) is 7.78. The van der Waals surface area contributed by atoms with E-state index in [4.69, 9.17) is 21.2 Å². The number of anilines is 5. The van der Waals surface area contributed by atoms with Crippen molar-refractivity contribution < 1.29 is 18.8 Å². The van der Waals surface area contributed by atoms with E-state index in [1.165, 1.54) is 18.5 Å². The molecule has 5 rings (SSSR count). The molecule has 2 aromatic carbocycles. The second-order valence-corrected chi connectivity index (χ2v) is 10.5. The lowest BCUT2D eigenvalue weighted by Gasteiger charge is -2.26. The van der Waals surface area contributed by atoms with Gasteiger partial charge in [-0.05, 0) is 44.3 Å². The summed E-state index contributed by atoms with van der Waals surface area (Å²) >= 11 is 6.28. The van der Waals surface area contributed by atoms with Gasteiger partial charge in [-0.25, -0.2) is 19.4 Å². The minimum Gasteiger partial charge on any atom is -0.494 e. The lowest BCUT2D eigenvalue weighted by atomic mass is 10.0. The maximum Gasteiger partial charge on any atom is 0.247 e. The Bertz CT molecular complexity index is 1440. The van der Waals surface area contributed by atoms with Crippen LogP contribution in [0.4, 0.5) is 33.1 Å². The molecule has 1 aromatic heterocycles. The Morgan fingerprint density at radius 2 is 2.07 bits per heavy atom. The van der Waals surface area contributed by atoms with E-state index in [0.717, 1.165) is 25.2 Å². The minimum absolute atomic E-state index is 0.0641. The number of carbonyl (C=O) groups excluding carboxylic acids is 1. The van der Waals surface area contributed by atoms with Crippen molar-refractivity contribution in [2.45, 2.75) is 24.9 Å². The van der Waals surface area contributed by atoms with Crippen molar-refractivity contribution in [2.24, 2.45) is 0 Å². The van der Waals surface area contributed by atoms with Crippen LogP contribution >= 0.6 is 11.6 Å². The van der Waals surface area contributed by atoms with Crippen LogP contribution in [0.1, 0.15) is 24.4 Å². The largest absolute Gasteiger partial charge is 0.494 e. The molecule has 12 heteroatoms. The van der Waals surface area contributed by atoms with Gasteiger partial charge in [-0.2, -0.15) is 0 Å².